The van der Waals surface area contributed by atoms with Crippen molar-refractivity contribution in [1.82, 2.24) is 10.2 Å². The highest BCUT2D eigenvalue weighted by Gasteiger charge is 2.32. The molecule has 0 saturated carbocycles. The minimum atomic E-state index is -0.216. The second kappa shape index (κ2) is 7.20. The predicted molar refractivity (Wildman–Crippen MR) is 89.3 cm³/mol. The zero-order valence-electron chi connectivity index (χ0n) is 12.9. The lowest BCUT2D eigenvalue weighted by atomic mass is 10.0. The molecule has 1 aliphatic heterocycles. The molecular formula is C19H20N2O2. The molecule has 2 amide bonds. The van der Waals surface area contributed by atoms with E-state index in [9.17, 15) is 9.59 Å². The molecule has 4 heteroatoms. The first-order valence-electron chi connectivity index (χ1n) is 7.96. The van der Waals surface area contributed by atoms with Crippen LogP contribution in [-0.2, 0) is 0 Å². The fourth-order valence-electron chi connectivity index (χ4n) is 2.93. The Balaban J connectivity index is 1.93. The average Bonchev–Trinajstić information content (AvgIpc) is 2.64. The molecule has 0 atom stereocenters. The third-order valence-corrected chi connectivity index (χ3v) is 4.15. The standard InChI is InChI=1S/C19H20N2O2/c22-18(15-7-3-1-4-8-15)21(17-11-13-20-14-12-17)19(23)16-9-5-2-6-10-16/h1-10,17,20H,11-14H2. The van der Waals surface area contributed by atoms with Gasteiger partial charge in [0.05, 0.1) is 0 Å². The molecule has 1 fully saturated rings. The number of benzene rings is 2. The van der Waals surface area contributed by atoms with Gasteiger partial charge in [-0.25, -0.2) is 0 Å². The van der Waals surface area contributed by atoms with E-state index in [0.29, 0.717) is 11.1 Å². The van der Waals surface area contributed by atoms with Gasteiger partial charge in [0.2, 0.25) is 0 Å². The number of imide groups is 1. The van der Waals surface area contributed by atoms with Gasteiger partial charge in [0.1, 0.15) is 0 Å². The summed E-state index contributed by atoms with van der Waals surface area (Å²) in [5, 5.41) is 3.28. The molecule has 0 radical (unpaired) electrons. The van der Waals surface area contributed by atoms with Crippen molar-refractivity contribution in [3.8, 4) is 0 Å². The maximum absolute atomic E-state index is 12.9. The summed E-state index contributed by atoms with van der Waals surface area (Å²) in [6, 6.07) is 18.0. The molecule has 4 nitrogen and oxygen atoms in total. The SMILES string of the molecule is O=C(c1ccccc1)N(C(=O)c1ccccc1)C1CCNCC1. The van der Waals surface area contributed by atoms with E-state index >= 15 is 0 Å². The fourth-order valence-corrected chi connectivity index (χ4v) is 2.93. The summed E-state index contributed by atoms with van der Waals surface area (Å²) >= 11 is 0. The highest BCUT2D eigenvalue weighted by atomic mass is 16.2. The number of rotatable bonds is 3. The Labute approximate surface area is 136 Å². The fraction of sp³-hybridized carbons (Fsp3) is 0.263. The smallest absolute Gasteiger partial charge is 0.260 e. The Morgan fingerprint density at radius 2 is 1.22 bits per heavy atom. The summed E-state index contributed by atoms with van der Waals surface area (Å²) in [6.45, 7) is 1.65. The van der Waals surface area contributed by atoms with E-state index in [0.717, 1.165) is 25.9 Å². The second-order valence-electron chi connectivity index (χ2n) is 5.69. The minimum absolute atomic E-state index is 0.0586. The van der Waals surface area contributed by atoms with Crippen LogP contribution >= 0.6 is 0 Å². The molecule has 0 unspecified atom stereocenters. The summed E-state index contributed by atoms with van der Waals surface area (Å²) < 4.78 is 0. The Morgan fingerprint density at radius 1 is 0.783 bits per heavy atom. The molecule has 1 heterocycles. The summed E-state index contributed by atoms with van der Waals surface area (Å²) in [4.78, 5) is 27.3. The third-order valence-electron chi connectivity index (χ3n) is 4.15. The highest BCUT2D eigenvalue weighted by molar-refractivity contribution is 6.10. The molecule has 1 saturated heterocycles. The Bertz CT molecular complexity index is 613. The number of hydrogen-bond acceptors (Lipinski definition) is 3. The van der Waals surface area contributed by atoms with E-state index < -0.39 is 0 Å². The molecule has 3 rings (SSSR count). The number of amides is 2. The number of piperidine rings is 1. The van der Waals surface area contributed by atoms with Crippen molar-refractivity contribution in [2.24, 2.45) is 0 Å². The molecule has 0 bridgehead atoms. The van der Waals surface area contributed by atoms with Crippen LogP contribution in [0, 0.1) is 0 Å². The number of hydrogen-bond donors (Lipinski definition) is 1. The average molecular weight is 308 g/mol. The summed E-state index contributed by atoms with van der Waals surface area (Å²) in [5.41, 5.74) is 1.10. The van der Waals surface area contributed by atoms with Crippen LogP contribution in [0.3, 0.4) is 0 Å². The van der Waals surface area contributed by atoms with Crippen molar-refractivity contribution < 1.29 is 9.59 Å². The number of nitrogens with zero attached hydrogens (tertiary/aromatic N) is 1. The maximum atomic E-state index is 12.9. The van der Waals surface area contributed by atoms with Crippen molar-refractivity contribution >= 4 is 11.8 Å². The van der Waals surface area contributed by atoms with Crippen LogP contribution in [0.4, 0.5) is 0 Å². The van der Waals surface area contributed by atoms with Crippen LogP contribution in [0.15, 0.2) is 60.7 Å². The largest absolute Gasteiger partial charge is 0.317 e. The van der Waals surface area contributed by atoms with Gasteiger partial charge in [-0.3, -0.25) is 14.5 Å². The van der Waals surface area contributed by atoms with E-state index in [1.165, 1.54) is 4.90 Å². The van der Waals surface area contributed by atoms with Crippen LogP contribution in [0.1, 0.15) is 33.6 Å². The van der Waals surface area contributed by atoms with Gasteiger partial charge in [-0.1, -0.05) is 36.4 Å². The van der Waals surface area contributed by atoms with Crippen LogP contribution < -0.4 is 5.32 Å². The number of nitrogens with one attached hydrogen (secondary N) is 1. The lowest BCUT2D eigenvalue weighted by Crippen LogP contribution is -2.49. The first kappa shape index (κ1) is 15.4. The minimum Gasteiger partial charge on any atom is -0.317 e. The van der Waals surface area contributed by atoms with Gasteiger partial charge in [0.25, 0.3) is 11.8 Å². The Hall–Kier alpha value is -2.46. The first-order chi connectivity index (χ1) is 11.3. The van der Waals surface area contributed by atoms with Crippen molar-refractivity contribution in [2.45, 2.75) is 18.9 Å². The van der Waals surface area contributed by atoms with Crippen LogP contribution in [0.25, 0.3) is 0 Å². The predicted octanol–water partition coefficient (Wildman–Crippen LogP) is 2.72. The van der Waals surface area contributed by atoms with E-state index in [4.69, 9.17) is 0 Å². The third kappa shape index (κ3) is 3.48. The second-order valence-corrected chi connectivity index (χ2v) is 5.69. The molecule has 1 aliphatic rings. The lowest BCUT2D eigenvalue weighted by molar-refractivity contribution is 0.0515. The zero-order valence-corrected chi connectivity index (χ0v) is 12.9. The summed E-state index contributed by atoms with van der Waals surface area (Å²) in [6.07, 6.45) is 1.58. The lowest BCUT2D eigenvalue weighted by Gasteiger charge is -2.33. The van der Waals surface area contributed by atoms with Crippen LogP contribution in [-0.4, -0.2) is 35.8 Å². The van der Waals surface area contributed by atoms with E-state index in [1.807, 2.05) is 36.4 Å². The molecule has 23 heavy (non-hydrogen) atoms. The topological polar surface area (TPSA) is 49.4 Å². The van der Waals surface area contributed by atoms with Gasteiger partial charge in [0, 0.05) is 17.2 Å². The molecule has 1 N–H and O–H groups in total. The molecule has 118 valence electrons. The maximum Gasteiger partial charge on any atom is 0.260 e. The van der Waals surface area contributed by atoms with Gasteiger partial charge >= 0.3 is 0 Å². The summed E-state index contributed by atoms with van der Waals surface area (Å²) in [7, 11) is 0. The molecule has 0 aliphatic carbocycles. The van der Waals surface area contributed by atoms with Crippen molar-refractivity contribution in [3.05, 3.63) is 71.8 Å². The van der Waals surface area contributed by atoms with E-state index in [2.05, 4.69) is 5.32 Å². The molecule has 0 aromatic heterocycles. The van der Waals surface area contributed by atoms with Gasteiger partial charge < -0.3 is 5.32 Å². The highest BCUT2D eigenvalue weighted by Crippen LogP contribution is 2.19. The van der Waals surface area contributed by atoms with E-state index in [-0.39, 0.29) is 17.9 Å². The Morgan fingerprint density at radius 3 is 1.65 bits per heavy atom. The number of carbonyl (C=O) groups is 2. The summed E-state index contributed by atoms with van der Waals surface area (Å²) in [5.74, 6) is -0.433. The molecule has 2 aromatic rings. The molecule has 0 spiro atoms. The quantitative estimate of drug-likeness (QED) is 0.887. The van der Waals surface area contributed by atoms with Crippen molar-refractivity contribution in [1.29, 1.82) is 0 Å². The van der Waals surface area contributed by atoms with Gasteiger partial charge in [-0.2, -0.15) is 0 Å². The normalized spacial score (nSPS) is 15.1. The number of carbonyl (C=O) groups excluding carboxylic acids is 2. The monoisotopic (exact) mass is 308 g/mol. The molecular weight excluding hydrogens is 288 g/mol. The Kier molecular flexibility index (Phi) is 4.83. The van der Waals surface area contributed by atoms with Crippen LogP contribution in [0.5, 0.6) is 0 Å². The van der Waals surface area contributed by atoms with Crippen LogP contribution in [0.2, 0.25) is 0 Å². The molecule has 2 aromatic carbocycles. The van der Waals surface area contributed by atoms with Crippen molar-refractivity contribution in [3.63, 3.8) is 0 Å². The van der Waals surface area contributed by atoms with E-state index in [1.54, 1.807) is 24.3 Å². The zero-order chi connectivity index (χ0) is 16.1. The van der Waals surface area contributed by atoms with Crippen molar-refractivity contribution in [2.75, 3.05) is 13.1 Å². The van der Waals surface area contributed by atoms with Gasteiger partial charge in [-0.05, 0) is 50.2 Å². The first-order valence-corrected chi connectivity index (χ1v) is 7.96. The van der Waals surface area contributed by atoms with Gasteiger partial charge in [-0.15, -0.1) is 0 Å². The van der Waals surface area contributed by atoms with Gasteiger partial charge in [0.15, 0.2) is 0 Å².